The first kappa shape index (κ1) is 22.2. The molecule has 8 heteroatoms. The molecule has 0 aliphatic carbocycles. The minimum absolute atomic E-state index is 0.141. The molecule has 7 nitrogen and oxygen atoms in total. The number of para-hydroxylation sites is 1. The lowest BCUT2D eigenvalue weighted by Gasteiger charge is -2.42. The van der Waals surface area contributed by atoms with Crippen LogP contribution in [0.25, 0.3) is 11.1 Å². The van der Waals surface area contributed by atoms with Crippen molar-refractivity contribution in [1.29, 1.82) is 0 Å². The van der Waals surface area contributed by atoms with Crippen molar-refractivity contribution in [3.05, 3.63) is 72.3 Å². The summed E-state index contributed by atoms with van der Waals surface area (Å²) < 4.78 is 29.8. The molecule has 1 unspecified atom stereocenters. The third-order valence-corrected chi connectivity index (χ3v) is 7.90. The summed E-state index contributed by atoms with van der Waals surface area (Å²) >= 11 is 0. The second-order valence-corrected chi connectivity index (χ2v) is 9.82. The van der Waals surface area contributed by atoms with Gasteiger partial charge in [0.15, 0.2) is 0 Å². The summed E-state index contributed by atoms with van der Waals surface area (Å²) in [5, 5.41) is 9.40. The van der Waals surface area contributed by atoms with E-state index in [9.17, 15) is 19.0 Å². The number of ether oxygens (including phenoxy) is 1. The van der Waals surface area contributed by atoms with E-state index >= 15 is 0 Å². The molecule has 1 atom stereocenters. The molecular weight excluding hydrogens is 428 g/mol. The number of hydrogen-bond donors (Lipinski definition) is 3. The standard InChI is InChI=1S/C24H26N2O5S/c1-16-15-26(19-10-5-4-6-11-19)21-14-22(31-3)20(13-23(21)32(29,30)25(16)2)17-8-7-9-18(12-17)24(27)28/h4-14,16,29-30H,15H2,1-3H3,(H,27,28). The Morgan fingerprint density at radius 3 is 2.44 bits per heavy atom. The topological polar surface area (TPSA) is 93.5 Å². The van der Waals surface area contributed by atoms with E-state index in [1.807, 2.05) is 37.3 Å². The molecule has 0 fully saturated rings. The van der Waals surface area contributed by atoms with Crippen LogP contribution in [-0.2, 0) is 0 Å². The minimum atomic E-state index is -3.31. The van der Waals surface area contributed by atoms with Crippen LogP contribution in [0.2, 0.25) is 0 Å². The van der Waals surface area contributed by atoms with Gasteiger partial charge in [-0.15, -0.1) is 10.8 Å². The van der Waals surface area contributed by atoms with E-state index in [0.717, 1.165) is 5.69 Å². The van der Waals surface area contributed by atoms with Gasteiger partial charge in [0.2, 0.25) is 0 Å². The summed E-state index contributed by atoms with van der Waals surface area (Å²) in [5.41, 5.74) is 2.91. The summed E-state index contributed by atoms with van der Waals surface area (Å²) in [6.45, 7) is 2.49. The quantitative estimate of drug-likeness (QED) is 0.475. The number of methoxy groups -OCH3 is 1. The molecule has 3 N–H and O–H groups in total. The fourth-order valence-electron chi connectivity index (χ4n) is 3.93. The fraction of sp³-hybridized carbons (Fsp3) is 0.208. The summed E-state index contributed by atoms with van der Waals surface area (Å²) in [6.07, 6.45) is 0. The lowest BCUT2D eigenvalue weighted by Crippen LogP contribution is -2.36. The summed E-state index contributed by atoms with van der Waals surface area (Å²) in [7, 11) is -0.0636. The van der Waals surface area contributed by atoms with Crippen LogP contribution >= 0.6 is 10.8 Å². The van der Waals surface area contributed by atoms with Crippen LogP contribution in [0.5, 0.6) is 5.75 Å². The van der Waals surface area contributed by atoms with Crippen LogP contribution in [0.3, 0.4) is 0 Å². The molecule has 3 aromatic rings. The summed E-state index contributed by atoms with van der Waals surface area (Å²) in [6, 6.07) is 19.6. The van der Waals surface area contributed by atoms with Gasteiger partial charge in [-0.25, -0.2) is 9.10 Å². The first-order valence-corrected chi connectivity index (χ1v) is 11.6. The molecule has 0 spiro atoms. The Hall–Kier alpha value is -3.04. The SMILES string of the molecule is COc1cc2c(cc1-c1cccc(C(=O)O)c1)S(O)(O)N(C)C(C)CN2c1ccccc1. The van der Waals surface area contributed by atoms with Gasteiger partial charge in [0.1, 0.15) is 5.75 Å². The number of carboxylic acid groups (broad SMARTS) is 1. The Kier molecular flexibility index (Phi) is 5.87. The fourth-order valence-corrected chi connectivity index (χ4v) is 5.53. The largest absolute Gasteiger partial charge is 0.496 e. The Morgan fingerprint density at radius 2 is 1.78 bits per heavy atom. The zero-order chi connectivity index (χ0) is 23.0. The number of anilines is 2. The Bertz CT molecular complexity index is 1150. The molecule has 0 radical (unpaired) electrons. The number of benzene rings is 3. The van der Waals surface area contributed by atoms with Gasteiger partial charge in [-0.05, 0) is 42.8 Å². The lowest BCUT2D eigenvalue weighted by atomic mass is 10.0. The van der Waals surface area contributed by atoms with Crippen molar-refractivity contribution in [3.63, 3.8) is 0 Å². The molecule has 4 rings (SSSR count). The van der Waals surface area contributed by atoms with E-state index in [-0.39, 0.29) is 11.6 Å². The Labute approximate surface area is 189 Å². The first-order valence-electron chi connectivity index (χ1n) is 10.1. The highest BCUT2D eigenvalue weighted by molar-refractivity contribution is 8.22. The van der Waals surface area contributed by atoms with Crippen molar-refractivity contribution in [2.75, 3.05) is 25.6 Å². The van der Waals surface area contributed by atoms with Gasteiger partial charge in [-0.2, -0.15) is 0 Å². The number of carbonyl (C=O) groups is 1. The molecule has 32 heavy (non-hydrogen) atoms. The van der Waals surface area contributed by atoms with Crippen molar-refractivity contribution < 1.29 is 23.7 Å². The van der Waals surface area contributed by atoms with Crippen molar-refractivity contribution >= 4 is 28.1 Å². The van der Waals surface area contributed by atoms with E-state index < -0.39 is 16.7 Å². The molecule has 0 bridgehead atoms. The van der Waals surface area contributed by atoms with Gasteiger partial charge in [0.25, 0.3) is 0 Å². The van der Waals surface area contributed by atoms with Crippen molar-refractivity contribution in [1.82, 2.24) is 4.31 Å². The Morgan fingerprint density at radius 1 is 1.06 bits per heavy atom. The molecule has 0 saturated carbocycles. The van der Waals surface area contributed by atoms with Gasteiger partial charge in [0, 0.05) is 37.0 Å². The van der Waals surface area contributed by atoms with Gasteiger partial charge in [0.05, 0.1) is 23.3 Å². The second kappa shape index (κ2) is 8.48. The highest BCUT2D eigenvalue weighted by atomic mass is 32.3. The maximum absolute atomic E-state index is 11.5. The monoisotopic (exact) mass is 454 g/mol. The second-order valence-electron chi connectivity index (χ2n) is 7.77. The smallest absolute Gasteiger partial charge is 0.335 e. The van der Waals surface area contributed by atoms with Gasteiger partial charge in [-0.3, -0.25) is 9.11 Å². The predicted octanol–water partition coefficient (Wildman–Crippen LogP) is 5.56. The number of carboxylic acids is 1. The number of aromatic carboxylic acids is 1. The van der Waals surface area contributed by atoms with Crippen LogP contribution in [0.4, 0.5) is 11.4 Å². The molecule has 0 aromatic heterocycles. The van der Waals surface area contributed by atoms with Crippen LogP contribution < -0.4 is 9.64 Å². The molecule has 1 aliphatic heterocycles. The van der Waals surface area contributed by atoms with E-state index in [1.165, 1.54) is 6.07 Å². The zero-order valence-corrected chi connectivity index (χ0v) is 18.9. The number of rotatable bonds is 4. The molecule has 1 aliphatic rings. The van der Waals surface area contributed by atoms with Crippen molar-refractivity contribution in [2.45, 2.75) is 17.9 Å². The van der Waals surface area contributed by atoms with E-state index in [2.05, 4.69) is 4.90 Å². The average Bonchev–Trinajstić information content (AvgIpc) is 2.87. The third-order valence-electron chi connectivity index (χ3n) is 5.82. The molecule has 3 aromatic carbocycles. The molecule has 0 saturated heterocycles. The molecular formula is C24H26N2O5S. The molecule has 168 valence electrons. The third kappa shape index (κ3) is 3.82. The number of fused-ring (bicyclic) bond motifs is 1. The van der Waals surface area contributed by atoms with E-state index in [4.69, 9.17) is 4.74 Å². The predicted molar refractivity (Wildman–Crippen MR) is 127 cm³/mol. The van der Waals surface area contributed by atoms with E-state index in [1.54, 1.807) is 48.8 Å². The van der Waals surface area contributed by atoms with Crippen LogP contribution in [0, 0.1) is 0 Å². The van der Waals surface area contributed by atoms with Crippen molar-refractivity contribution in [3.8, 4) is 16.9 Å². The van der Waals surface area contributed by atoms with Gasteiger partial charge >= 0.3 is 5.97 Å². The summed E-state index contributed by atoms with van der Waals surface area (Å²) in [4.78, 5) is 13.9. The Balaban J connectivity index is 1.98. The highest BCUT2D eigenvalue weighted by Crippen LogP contribution is 2.59. The maximum Gasteiger partial charge on any atom is 0.335 e. The summed E-state index contributed by atoms with van der Waals surface area (Å²) in [5.74, 6) is -0.520. The average molecular weight is 455 g/mol. The highest BCUT2D eigenvalue weighted by Gasteiger charge is 2.36. The number of hydrogen-bond acceptors (Lipinski definition) is 6. The van der Waals surface area contributed by atoms with Crippen molar-refractivity contribution in [2.24, 2.45) is 0 Å². The lowest BCUT2D eigenvalue weighted by molar-refractivity contribution is 0.0697. The number of likely N-dealkylation sites (N-methyl/N-ethyl adjacent to an activating group) is 1. The molecule has 1 heterocycles. The van der Waals surface area contributed by atoms with Crippen LogP contribution in [0.1, 0.15) is 17.3 Å². The maximum atomic E-state index is 11.5. The first-order chi connectivity index (χ1) is 15.2. The molecule has 0 amide bonds. The van der Waals surface area contributed by atoms with Gasteiger partial charge < -0.3 is 14.7 Å². The van der Waals surface area contributed by atoms with Crippen LogP contribution in [0.15, 0.2) is 71.6 Å². The zero-order valence-electron chi connectivity index (χ0n) is 18.1. The minimum Gasteiger partial charge on any atom is -0.496 e. The van der Waals surface area contributed by atoms with Crippen LogP contribution in [-0.4, -0.2) is 51.2 Å². The van der Waals surface area contributed by atoms with Gasteiger partial charge in [-0.1, -0.05) is 30.3 Å². The normalized spacial score (nSPS) is 19.0. The van der Waals surface area contributed by atoms with E-state index in [0.29, 0.717) is 34.0 Å². The number of nitrogens with zero attached hydrogens (tertiary/aromatic N) is 2.